The first kappa shape index (κ1) is 21.8. The average Bonchev–Trinajstić information content (AvgIpc) is 2.75. The molecule has 0 saturated heterocycles. The topological polar surface area (TPSA) is 101 Å². The number of hydrogen-bond donors (Lipinski definition) is 3. The van der Waals surface area contributed by atoms with E-state index in [1.54, 1.807) is 24.4 Å². The maximum absolute atomic E-state index is 12.9. The quantitative estimate of drug-likeness (QED) is 0.515. The molecule has 0 radical (unpaired) electrons. The molecule has 0 aliphatic carbocycles. The summed E-state index contributed by atoms with van der Waals surface area (Å²) in [6.45, 7) is 2.23. The average molecular weight is 423 g/mol. The van der Waals surface area contributed by atoms with Gasteiger partial charge in [0.2, 0.25) is 11.8 Å². The number of aromatic nitrogens is 1. The fourth-order valence-corrected chi connectivity index (χ4v) is 2.71. The molecule has 0 fully saturated rings. The van der Waals surface area contributed by atoms with Crippen LogP contribution in [0.4, 0.5) is 4.39 Å². The molecule has 0 aliphatic heterocycles. The van der Waals surface area contributed by atoms with Gasteiger partial charge in [-0.25, -0.2) is 9.37 Å². The Hall–Kier alpha value is -3.94. The van der Waals surface area contributed by atoms with Gasteiger partial charge < -0.3 is 20.5 Å². The van der Waals surface area contributed by atoms with Crippen LogP contribution in [0.5, 0.6) is 17.4 Å². The van der Waals surface area contributed by atoms with Crippen molar-refractivity contribution in [3.8, 4) is 17.4 Å². The number of hydrogen-bond acceptors (Lipinski definition) is 5. The van der Waals surface area contributed by atoms with Crippen molar-refractivity contribution in [2.45, 2.75) is 19.9 Å². The molecule has 1 aromatic heterocycles. The summed E-state index contributed by atoms with van der Waals surface area (Å²) in [5, 5.41) is 15.2. The number of aryl methyl sites for hydroxylation is 1. The molecule has 0 atom stereocenters. The molecule has 1 heterocycles. The van der Waals surface area contributed by atoms with Crippen molar-refractivity contribution in [1.29, 1.82) is 0 Å². The van der Waals surface area contributed by atoms with Gasteiger partial charge in [0.05, 0.1) is 5.56 Å². The van der Waals surface area contributed by atoms with Crippen LogP contribution >= 0.6 is 0 Å². The number of amides is 2. The highest BCUT2D eigenvalue weighted by Gasteiger charge is 2.11. The summed E-state index contributed by atoms with van der Waals surface area (Å²) in [4.78, 5) is 28.2. The molecule has 3 rings (SSSR count). The van der Waals surface area contributed by atoms with Gasteiger partial charge in [0.15, 0.2) is 0 Å². The number of rotatable bonds is 8. The Labute approximate surface area is 178 Å². The number of benzene rings is 2. The lowest BCUT2D eigenvalue weighted by molar-refractivity contribution is -0.121. The molecule has 0 bridgehead atoms. The molecule has 0 spiro atoms. The highest BCUT2D eigenvalue weighted by molar-refractivity contribution is 5.97. The molecule has 0 saturated carbocycles. The molecule has 2 aromatic carbocycles. The van der Waals surface area contributed by atoms with Crippen LogP contribution < -0.4 is 15.4 Å². The van der Waals surface area contributed by atoms with Gasteiger partial charge in [-0.1, -0.05) is 12.1 Å². The lowest BCUT2D eigenvalue weighted by Gasteiger charge is -2.09. The van der Waals surface area contributed by atoms with E-state index in [1.165, 1.54) is 36.4 Å². The second-order valence-electron chi connectivity index (χ2n) is 6.86. The second-order valence-corrected chi connectivity index (χ2v) is 6.86. The number of ether oxygens (including phenoxy) is 1. The zero-order valence-electron chi connectivity index (χ0n) is 16.9. The van der Waals surface area contributed by atoms with Crippen molar-refractivity contribution < 1.29 is 23.8 Å². The van der Waals surface area contributed by atoms with Crippen LogP contribution in [0.1, 0.15) is 27.9 Å². The molecule has 2 amide bonds. The predicted octanol–water partition coefficient (Wildman–Crippen LogP) is 3.46. The fraction of sp³-hybridized carbons (Fsp3) is 0.174. The van der Waals surface area contributed by atoms with E-state index < -0.39 is 5.91 Å². The zero-order valence-corrected chi connectivity index (χ0v) is 16.9. The minimum absolute atomic E-state index is 0.0948. The van der Waals surface area contributed by atoms with E-state index in [4.69, 9.17) is 4.74 Å². The molecule has 0 aliphatic rings. The first-order valence-electron chi connectivity index (χ1n) is 9.63. The van der Waals surface area contributed by atoms with Crippen molar-refractivity contribution in [3.05, 3.63) is 83.3 Å². The van der Waals surface area contributed by atoms with E-state index in [-0.39, 0.29) is 42.5 Å². The number of halogens is 1. The van der Waals surface area contributed by atoms with Crippen LogP contribution in [0.2, 0.25) is 0 Å². The number of carbonyl (C=O) groups excluding carboxylic acids is 2. The summed E-state index contributed by atoms with van der Waals surface area (Å²) >= 11 is 0. The standard InChI is InChI=1S/C23H22FN3O4/c1-15-2-8-19(20(28)12-15)23(30)25-11-10-21(29)26-13-16-3-9-22(27-14-16)31-18-6-4-17(24)5-7-18/h2-9,12,14,28H,10-11,13H2,1H3,(H,25,30)(H,26,29). The summed E-state index contributed by atoms with van der Waals surface area (Å²) in [6, 6.07) is 13.8. The van der Waals surface area contributed by atoms with Gasteiger partial charge in [-0.2, -0.15) is 0 Å². The molecular weight excluding hydrogens is 401 g/mol. The van der Waals surface area contributed by atoms with Crippen LogP contribution in [0.15, 0.2) is 60.8 Å². The second kappa shape index (κ2) is 10.2. The van der Waals surface area contributed by atoms with Gasteiger partial charge in [-0.15, -0.1) is 0 Å². The Kier molecular flexibility index (Phi) is 7.16. The van der Waals surface area contributed by atoms with Crippen LogP contribution in [-0.2, 0) is 11.3 Å². The van der Waals surface area contributed by atoms with Crippen molar-refractivity contribution in [3.63, 3.8) is 0 Å². The Morgan fingerprint density at radius 3 is 2.52 bits per heavy atom. The number of nitrogens with zero attached hydrogens (tertiary/aromatic N) is 1. The third-order valence-electron chi connectivity index (χ3n) is 4.36. The molecule has 3 N–H and O–H groups in total. The maximum atomic E-state index is 12.9. The fourth-order valence-electron chi connectivity index (χ4n) is 2.71. The van der Waals surface area contributed by atoms with Crippen molar-refractivity contribution >= 4 is 11.8 Å². The largest absolute Gasteiger partial charge is 0.507 e. The number of nitrogens with one attached hydrogen (secondary N) is 2. The van der Waals surface area contributed by atoms with E-state index >= 15 is 0 Å². The van der Waals surface area contributed by atoms with E-state index in [0.29, 0.717) is 11.6 Å². The summed E-state index contributed by atoms with van der Waals surface area (Å²) < 4.78 is 18.4. The third-order valence-corrected chi connectivity index (χ3v) is 4.36. The molecule has 31 heavy (non-hydrogen) atoms. The predicted molar refractivity (Wildman–Crippen MR) is 112 cm³/mol. The van der Waals surface area contributed by atoms with E-state index in [1.807, 2.05) is 6.92 Å². The Morgan fingerprint density at radius 2 is 1.84 bits per heavy atom. The monoisotopic (exact) mass is 423 g/mol. The smallest absolute Gasteiger partial charge is 0.255 e. The summed E-state index contributed by atoms with van der Waals surface area (Å²) in [5.41, 5.74) is 1.78. The normalized spacial score (nSPS) is 10.4. The van der Waals surface area contributed by atoms with E-state index in [9.17, 15) is 19.1 Å². The van der Waals surface area contributed by atoms with Gasteiger partial charge in [0, 0.05) is 31.8 Å². The molecule has 160 valence electrons. The SMILES string of the molecule is Cc1ccc(C(=O)NCCC(=O)NCc2ccc(Oc3ccc(F)cc3)nc2)c(O)c1. The van der Waals surface area contributed by atoms with Crippen LogP contribution in [0, 0.1) is 12.7 Å². The Balaban J connectivity index is 1.40. The summed E-state index contributed by atoms with van der Waals surface area (Å²) in [6.07, 6.45) is 1.67. The molecule has 7 nitrogen and oxygen atoms in total. The maximum Gasteiger partial charge on any atom is 0.255 e. The van der Waals surface area contributed by atoms with Gasteiger partial charge in [0.25, 0.3) is 5.91 Å². The molecular formula is C23H22FN3O4. The lowest BCUT2D eigenvalue weighted by atomic mass is 10.1. The molecule has 0 unspecified atom stereocenters. The minimum Gasteiger partial charge on any atom is -0.507 e. The zero-order chi connectivity index (χ0) is 22.2. The van der Waals surface area contributed by atoms with Crippen LogP contribution in [0.3, 0.4) is 0 Å². The number of carbonyl (C=O) groups is 2. The minimum atomic E-state index is -0.439. The van der Waals surface area contributed by atoms with Gasteiger partial charge in [-0.3, -0.25) is 9.59 Å². The first-order valence-corrected chi connectivity index (χ1v) is 9.63. The van der Waals surface area contributed by atoms with Crippen LogP contribution in [0.25, 0.3) is 0 Å². The van der Waals surface area contributed by atoms with Crippen molar-refractivity contribution in [2.24, 2.45) is 0 Å². The highest BCUT2D eigenvalue weighted by atomic mass is 19.1. The van der Waals surface area contributed by atoms with Crippen molar-refractivity contribution in [2.75, 3.05) is 6.54 Å². The lowest BCUT2D eigenvalue weighted by Crippen LogP contribution is -2.30. The summed E-state index contributed by atoms with van der Waals surface area (Å²) in [5.74, 6) is -0.299. The van der Waals surface area contributed by atoms with E-state index in [2.05, 4.69) is 15.6 Å². The third kappa shape index (κ3) is 6.53. The Morgan fingerprint density at radius 1 is 1.06 bits per heavy atom. The summed E-state index contributed by atoms with van der Waals surface area (Å²) in [7, 11) is 0. The molecule has 8 heteroatoms. The van der Waals surface area contributed by atoms with Crippen LogP contribution in [-0.4, -0.2) is 28.4 Å². The number of aromatic hydroxyl groups is 1. The van der Waals surface area contributed by atoms with Gasteiger partial charge in [-0.05, 0) is 54.4 Å². The van der Waals surface area contributed by atoms with Gasteiger partial charge in [0.1, 0.15) is 17.3 Å². The number of phenols is 1. The first-order chi connectivity index (χ1) is 14.9. The van der Waals surface area contributed by atoms with Gasteiger partial charge >= 0.3 is 0 Å². The number of phenolic OH excluding ortho intramolecular Hbond substituents is 1. The molecule has 3 aromatic rings. The Bertz CT molecular complexity index is 1050. The number of pyridine rings is 1. The van der Waals surface area contributed by atoms with E-state index in [0.717, 1.165) is 11.1 Å². The highest BCUT2D eigenvalue weighted by Crippen LogP contribution is 2.20. The van der Waals surface area contributed by atoms with Crippen molar-refractivity contribution in [1.82, 2.24) is 15.6 Å².